The maximum Gasteiger partial charge on any atom is 0.238 e. The Morgan fingerprint density at radius 1 is 1.64 bits per heavy atom. The molecule has 0 unspecified atom stereocenters. The van der Waals surface area contributed by atoms with Gasteiger partial charge in [0.1, 0.15) is 0 Å². The Hall–Kier alpha value is -0.540. The highest BCUT2D eigenvalue weighted by Gasteiger charge is 2.11. The van der Waals surface area contributed by atoms with Gasteiger partial charge >= 0.3 is 0 Å². The van der Waals surface area contributed by atoms with Crippen molar-refractivity contribution >= 4 is 39.1 Å². The van der Waals surface area contributed by atoms with Crippen LogP contribution >= 0.6 is 27.5 Å². The van der Waals surface area contributed by atoms with E-state index in [1.807, 2.05) is 6.92 Å². The molecule has 1 atom stereocenters. The third-order valence-corrected chi connectivity index (χ3v) is 3.03. The van der Waals surface area contributed by atoms with Crippen molar-refractivity contribution in [2.45, 2.75) is 18.2 Å². The highest BCUT2D eigenvalue weighted by Crippen LogP contribution is 2.16. The van der Waals surface area contributed by atoms with Crippen molar-refractivity contribution in [2.24, 2.45) is 0 Å². The van der Waals surface area contributed by atoms with Crippen molar-refractivity contribution in [3.63, 3.8) is 0 Å². The Balaban J connectivity index is 2.65. The van der Waals surface area contributed by atoms with Crippen molar-refractivity contribution in [3.8, 4) is 0 Å². The van der Waals surface area contributed by atoms with E-state index in [0.717, 1.165) is 12.1 Å². The van der Waals surface area contributed by atoms with E-state index >= 15 is 0 Å². The van der Waals surface area contributed by atoms with Gasteiger partial charge in [-0.3, -0.25) is 4.79 Å². The van der Waals surface area contributed by atoms with Crippen molar-refractivity contribution in [2.75, 3.05) is 5.32 Å². The quantitative estimate of drug-likeness (QED) is 0.842. The van der Waals surface area contributed by atoms with E-state index in [1.165, 1.54) is 0 Å². The number of nitrogens with one attached hydrogen (secondary N) is 1. The van der Waals surface area contributed by atoms with E-state index in [1.54, 1.807) is 24.3 Å². The summed E-state index contributed by atoms with van der Waals surface area (Å²) < 4.78 is 0. The summed E-state index contributed by atoms with van der Waals surface area (Å²) in [6, 6.07) is 7.09. The molecule has 0 bridgehead atoms. The van der Waals surface area contributed by atoms with Crippen LogP contribution in [0, 0.1) is 0 Å². The minimum absolute atomic E-state index is 0.0465. The molecule has 0 saturated heterocycles. The van der Waals surface area contributed by atoms with Gasteiger partial charge in [0.05, 0.1) is 4.83 Å². The van der Waals surface area contributed by atoms with Crippen LogP contribution in [0.3, 0.4) is 0 Å². The number of benzene rings is 1. The fourth-order valence-electron chi connectivity index (χ4n) is 0.972. The molecule has 0 fully saturated rings. The molecule has 0 aromatic heterocycles. The Bertz CT molecular complexity index is 330. The Morgan fingerprint density at radius 3 is 2.93 bits per heavy atom. The molecule has 0 saturated carbocycles. The van der Waals surface area contributed by atoms with Crippen LogP contribution in [0.4, 0.5) is 5.69 Å². The van der Waals surface area contributed by atoms with Crippen LogP contribution in [0.15, 0.2) is 24.3 Å². The zero-order chi connectivity index (χ0) is 10.6. The van der Waals surface area contributed by atoms with Gasteiger partial charge < -0.3 is 5.32 Å². The van der Waals surface area contributed by atoms with Gasteiger partial charge in [-0.2, -0.15) is 0 Å². The van der Waals surface area contributed by atoms with Crippen LogP contribution in [-0.2, 0) is 4.79 Å². The van der Waals surface area contributed by atoms with Gasteiger partial charge in [0, 0.05) is 10.7 Å². The third-order valence-electron chi connectivity index (χ3n) is 1.74. The molecule has 1 N–H and O–H groups in total. The average Bonchev–Trinajstić information content (AvgIpc) is 2.16. The van der Waals surface area contributed by atoms with Crippen LogP contribution in [0.25, 0.3) is 0 Å². The van der Waals surface area contributed by atoms with Gasteiger partial charge in [-0.25, -0.2) is 0 Å². The predicted octanol–water partition coefficient (Wildman–Crippen LogP) is 3.45. The molecular formula is C10H11BrClNO. The number of alkyl halides is 1. The second-order valence-electron chi connectivity index (χ2n) is 2.88. The van der Waals surface area contributed by atoms with E-state index < -0.39 is 0 Å². The average molecular weight is 277 g/mol. The number of anilines is 1. The monoisotopic (exact) mass is 275 g/mol. The maximum atomic E-state index is 11.5. The second kappa shape index (κ2) is 5.37. The maximum absolute atomic E-state index is 11.5. The minimum atomic E-state index is -0.151. The fourth-order valence-corrected chi connectivity index (χ4v) is 1.28. The van der Waals surface area contributed by atoms with Gasteiger partial charge in [0.15, 0.2) is 0 Å². The first-order valence-electron chi connectivity index (χ1n) is 4.34. The zero-order valence-electron chi connectivity index (χ0n) is 7.76. The Kier molecular flexibility index (Phi) is 4.42. The summed E-state index contributed by atoms with van der Waals surface area (Å²) in [7, 11) is 0. The lowest BCUT2D eigenvalue weighted by atomic mass is 10.3. The third kappa shape index (κ3) is 3.31. The predicted molar refractivity (Wildman–Crippen MR) is 63.1 cm³/mol. The largest absolute Gasteiger partial charge is 0.325 e. The zero-order valence-corrected chi connectivity index (χ0v) is 10.1. The minimum Gasteiger partial charge on any atom is -0.325 e. The van der Waals surface area contributed by atoms with Gasteiger partial charge in [-0.05, 0) is 24.6 Å². The number of hydrogen-bond donors (Lipinski definition) is 1. The van der Waals surface area contributed by atoms with E-state index in [9.17, 15) is 4.79 Å². The summed E-state index contributed by atoms with van der Waals surface area (Å²) in [6.07, 6.45) is 0.756. The molecule has 76 valence electrons. The summed E-state index contributed by atoms with van der Waals surface area (Å²) in [4.78, 5) is 11.3. The van der Waals surface area contributed by atoms with E-state index in [-0.39, 0.29) is 10.7 Å². The lowest BCUT2D eigenvalue weighted by molar-refractivity contribution is -0.115. The summed E-state index contributed by atoms with van der Waals surface area (Å²) in [5.41, 5.74) is 0.723. The molecule has 14 heavy (non-hydrogen) atoms. The molecule has 1 amide bonds. The normalized spacial score (nSPS) is 12.2. The molecule has 0 heterocycles. The number of halogens is 2. The Labute approximate surface area is 96.8 Å². The first-order valence-corrected chi connectivity index (χ1v) is 5.63. The van der Waals surface area contributed by atoms with E-state index in [2.05, 4.69) is 21.2 Å². The van der Waals surface area contributed by atoms with Crippen molar-refractivity contribution in [3.05, 3.63) is 29.3 Å². The molecule has 1 aromatic carbocycles. The van der Waals surface area contributed by atoms with Crippen LogP contribution in [-0.4, -0.2) is 10.7 Å². The highest BCUT2D eigenvalue weighted by molar-refractivity contribution is 9.10. The summed E-state index contributed by atoms with van der Waals surface area (Å²) >= 11 is 9.05. The molecule has 0 aliphatic heterocycles. The van der Waals surface area contributed by atoms with Gasteiger partial charge in [0.2, 0.25) is 5.91 Å². The standard InChI is InChI=1S/C10H11BrClNO/c1-2-9(11)10(14)13-8-5-3-4-7(12)6-8/h3-6,9H,2H2,1H3,(H,13,14)/t9-/m1/s1. The molecule has 1 aromatic rings. The summed E-state index contributed by atoms with van der Waals surface area (Å²) in [6.45, 7) is 1.94. The first-order chi connectivity index (χ1) is 6.63. The smallest absolute Gasteiger partial charge is 0.238 e. The van der Waals surface area contributed by atoms with Gasteiger partial charge in [0.25, 0.3) is 0 Å². The SMILES string of the molecule is CC[C@@H](Br)C(=O)Nc1cccc(Cl)c1. The Morgan fingerprint density at radius 2 is 2.36 bits per heavy atom. The lowest BCUT2D eigenvalue weighted by Crippen LogP contribution is -2.21. The van der Waals surface area contributed by atoms with Crippen LogP contribution in [0.5, 0.6) is 0 Å². The lowest BCUT2D eigenvalue weighted by Gasteiger charge is -2.08. The number of carbonyl (C=O) groups excluding carboxylic acids is 1. The molecular weight excluding hydrogens is 265 g/mol. The van der Waals surface area contributed by atoms with Crippen molar-refractivity contribution in [1.29, 1.82) is 0 Å². The topological polar surface area (TPSA) is 29.1 Å². The molecule has 0 aliphatic carbocycles. The molecule has 4 heteroatoms. The molecule has 0 aliphatic rings. The fraction of sp³-hybridized carbons (Fsp3) is 0.300. The van der Waals surface area contributed by atoms with Crippen molar-refractivity contribution in [1.82, 2.24) is 0 Å². The van der Waals surface area contributed by atoms with Gasteiger partial charge in [-0.15, -0.1) is 0 Å². The molecule has 0 spiro atoms. The van der Waals surface area contributed by atoms with E-state index in [0.29, 0.717) is 5.02 Å². The van der Waals surface area contributed by atoms with E-state index in [4.69, 9.17) is 11.6 Å². The number of hydrogen-bond acceptors (Lipinski definition) is 1. The summed E-state index contributed by atoms with van der Waals surface area (Å²) in [5, 5.41) is 3.38. The molecule has 1 rings (SSSR count). The van der Waals surface area contributed by atoms with Gasteiger partial charge in [-0.1, -0.05) is 40.5 Å². The van der Waals surface area contributed by atoms with Crippen molar-refractivity contribution < 1.29 is 4.79 Å². The molecule has 2 nitrogen and oxygen atoms in total. The first kappa shape index (κ1) is 11.5. The van der Waals surface area contributed by atoms with Crippen LogP contribution in [0.2, 0.25) is 5.02 Å². The number of carbonyl (C=O) groups is 1. The number of rotatable bonds is 3. The molecule has 0 radical (unpaired) electrons. The van der Waals surface area contributed by atoms with Crippen LogP contribution < -0.4 is 5.32 Å². The summed E-state index contributed by atoms with van der Waals surface area (Å²) in [5.74, 6) is -0.0465. The van der Waals surface area contributed by atoms with Crippen LogP contribution in [0.1, 0.15) is 13.3 Å². The highest BCUT2D eigenvalue weighted by atomic mass is 79.9. The second-order valence-corrected chi connectivity index (χ2v) is 4.42. The number of amides is 1.